The summed E-state index contributed by atoms with van der Waals surface area (Å²) in [4.78, 5) is 11.5. The first-order valence-corrected chi connectivity index (χ1v) is 13.9. The third-order valence-corrected chi connectivity index (χ3v) is 9.60. The highest BCUT2D eigenvalue weighted by Crippen LogP contribution is 2.41. The Kier molecular flexibility index (Phi) is 5.33. The zero-order valence-corrected chi connectivity index (χ0v) is 20.9. The van der Waals surface area contributed by atoms with Gasteiger partial charge in [-0.05, 0) is 51.7 Å². The van der Waals surface area contributed by atoms with Crippen LogP contribution in [0.5, 0.6) is 0 Å². The predicted octanol–water partition coefficient (Wildman–Crippen LogP) is 3.17. The number of sulfonamides is 1. The smallest absolute Gasteiger partial charge is 0.291 e. The molecule has 2 atom stereocenters. The summed E-state index contributed by atoms with van der Waals surface area (Å²) in [7, 11) is -3.84. The van der Waals surface area contributed by atoms with Gasteiger partial charge in [0.25, 0.3) is 6.43 Å². The van der Waals surface area contributed by atoms with E-state index in [9.17, 15) is 17.2 Å². The van der Waals surface area contributed by atoms with Crippen LogP contribution in [0.25, 0.3) is 21.6 Å². The number of alkyl halides is 2. The number of rotatable bonds is 6. The number of fused-ring (bicyclic) bond motifs is 4. The van der Waals surface area contributed by atoms with Crippen LogP contribution in [-0.4, -0.2) is 59.3 Å². The zero-order valence-electron chi connectivity index (χ0n) is 19.3. The van der Waals surface area contributed by atoms with Gasteiger partial charge < -0.3 is 10.2 Å². The lowest BCUT2D eigenvalue weighted by molar-refractivity contribution is 0.150. The summed E-state index contributed by atoms with van der Waals surface area (Å²) in [5.74, 6) is 0.446. The number of piperazine rings is 1. The molecule has 13 heteroatoms. The van der Waals surface area contributed by atoms with Gasteiger partial charge in [0.1, 0.15) is 11.5 Å². The maximum absolute atomic E-state index is 13.4. The van der Waals surface area contributed by atoms with Gasteiger partial charge in [-0.3, -0.25) is 0 Å². The molecule has 7 rings (SSSR count). The maximum atomic E-state index is 13.4. The van der Waals surface area contributed by atoms with Gasteiger partial charge in [0.05, 0.1) is 16.1 Å². The Bertz CT molecular complexity index is 1420. The van der Waals surface area contributed by atoms with E-state index in [0.717, 1.165) is 50.1 Å². The largest absolute Gasteiger partial charge is 0.364 e. The molecule has 0 amide bonds. The molecule has 3 aromatic rings. The van der Waals surface area contributed by atoms with Gasteiger partial charge in [-0.15, -0.1) is 10.2 Å². The van der Waals surface area contributed by atoms with E-state index in [4.69, 9.17) is 4.98 Å². The third-order valence-electron chi connectivity index (χ3n) is 7.04. The Morgan fingerprint density at radius 2 is 2.03 bits per heavy atom. The number of nitrogens with zero attached hydrogens (tertiary/aromatic N) is 5. The van der Waals surface area contributed by atoms with Crippen molar-refractivity contribution in [1.82, 2.24) is 30.2 Å². The molecule has 1 saturated carbocycles. The minimum Gasteiger partial charge on any atom is -0.364 e. The lowest BCUT2D eigenvalue weighted by Crippen LogP contribution is -2.61. The van der Waals surface area contributed by atoms with Crippen molar-refractivity contribution in [1.29, 1.82) is 0 Å². The average Bonchev–Trinajstić information content (AvgIpc) is 3.33. The molecule has 4 aliphatic rings. The highest BCUT2D eigenvalue weighted by molar-refractivity contribution is 7.89. The third kappa shape index (κ3) is 4.17. The molecule has 3 saturated heterocycles. The molecule has 9 nitrogen and oxygen atoms in total. The zero-order chi connectivity index (χ0) is 24.5. The molecule has 3 aliphatic heterocycles. The van der Waals surface area contributed by atoms with Crippen LogP contribution in [0, 0.1) is 6.92 Å². The van der Waals surface area contributed by atoms with E-state index >= 15 is 0 Å². The quantitative estimate of drug-likeness (QED) is 0.509. The summed E-state index contributed by atoms with van der Waals surface area (Å²) in [5.41, 5.74) is 1.17. The lowest BCUT2D eigenvalue weighted by Gasteiger charge is -2.47. The average molecular weight is 522 g/mol. The fraction of sp³-hybridized carbons (Fsp3) is 0.545. The highest BCUT2D eigenvalue weighted by Gasteiger charge is 2.42. The predicted molar refractivity (Wildman–Crippen MR) is 128 cm³/mol. The van der Waals surface area contributed by atoms with Crippen LogP contribution in [0.3, 0.4) is 0 Å². The van der Waals surface area contributed by atoms with E-state index in [1.807, 2.05) is 6.92 Å². The molecule has 1 aromatic carbocycles. The Morgan fingerprint density at radius 3 is 2.63 bits per heavy atom. The topological polar surface area (TPSA) is 113 Å². The summed E-state index contributed by atoms with van der Waals surface area (Å²) in [6, 6.07) is 3.75. The second-order valence-corrected chi connectivity index (χ2v) is 12.6. The van der Waals surface area contributed by atoms with E-state index in [1.54, 1.807) is 13.0 Å². The van der Waals surface area contributed by atoms with E-state index in [1.165, 1.54) is 6.07 Å². The minimum absolute atomic E-state index is 0.106. The Labute approximate surface area is 205 Å². The summed E-state index contributed by atoms with van der Waals surface area (Å²) in [6.45, 7) is 5.16. The first-order valence-electron chi connectivity index (χ1n) is 11.6. The van der Waals surface area contributed by atoms with Gasteiger partial charge in [-0.1, -0.05) is 11.3 Å². The summed E-state index contributed by atoms with van der Waals surface area (Å²) >= 11 is 0.753. The SMILES string of the molecule is Cc1nc(-c2nnc(C(F)F)s2)c2cc(S(=O)(=O)NC3(C)CC3)cc(N3C[C@@H]4CCC3CN4)c2n1. The van der Waals surface area contributed by atoms with Crippen molar-refractivity contribution < 1.29 is 17.2 Å². The van der Waals surface area contributed by atoms with Crippen molar-refractivity contribution in [3.63, 3.8) is 0 Å². The number of aryl methyl sites for hydroxylation is 1. The monoisotopic (exact) mass is 521 g/mol. The van der Waals surface area contributed by atoms with Gasteiger partial charge in [0.15, 0.2) is 10.0 Å². The molecule has 1 aliphatic carbocycles. The van der Waals surface area contributed by atoms with Crippen molar-refractivity contribution in [2.24, 2.45) is 0 Å². The number of piperidine rings is 2. The molecule has 35 heavy (non-hydrogen) atoms. The second-order valence-electron chi connectivity index (χ2n) is 9.86. The molecule has 2 N–H and O–H groups in total. The molecule has 0 spiro atoms. The number of benzene rings is 1. The first-order chi connectivity index (χ1) is 16.6. The van der Waals surface area contributed by atoms with Gasteiger partial charge in [0, 0.05) is 36.1 Å². The molecule has 1 unspecified atom stereocenters. The van der Waals surface area contributed by atoms with E-state index < -0.39 is 27.0 Å². The number of halogens is 2. The molecular weight excluding hydrogens is 496 g/mol. The molecule has 0 radical (unpaired) electrons. The van der Waals surface area contributed by atoms with Crippen LogP contribution >= 0.6 is 11.3 Å². The number of aromatic nitrogens is 4. The lowest BCUT2D eigenvalue weighted by atomic mass is 9.92. The molecule has 4 fully saturated rings. The maximum Gasteiger partial charge on any atom is 0.291 e. The minimum atomic E-state index is -3.84. The number of anilines is 1. The fourth-order valence-corrected chi connectivity index (χ4v) is 7.15. The summed E-state index contributed by atoms with van der Waals surface area (Å²) in [6.07, 6.45) is 0.878. The Morgan fingerprint density at radius 1 is 1.23 bits per heavy atom. The Hall–Kier alpha value is -2.35. The van der Waals surface area contributed by atoms with E-state index in [0.29, 0.717) is 34.2 Å². The fourth-order valence-electron chi connectivity index (χ4n) is 4.93. The number of hydrogen-bond donors (Lipinski definition) is 2. The van der Waals surface area contributed by atoms with Crippen molar-refractivity contribution in [3.05, 3.63) is 23.0 Å². The van der Waals surface area contributed by atoms with E-state index in [-0.39, 0.29) is 15.9 Å². The van der Waals surface area contributed by atoms with Crippen LogP contribution in [0.15, 0.2) is 17.0 Å². The van der Waals surface area contributed by atoms with Crippen molar-refractivity contribution in [2.75, 3.05) is 18.0 Å². The van der Waals surface area contributed by atoms with Gasteiger partial charge in [-0.25, -0.2) is 31.9 Å². The number of hydrogen-bond acceptors (Lipinski definition) is 9. The van der Waals surface area contributed by atoms with Crippen LogP contribution in [0.1, 0.15) is 49.9 Å². The molecule has 186 valence electrons. The van der Waals surface area contributed by atoms with Gasteiger partial charge in [-0.2, -0.15) is 0 Å². The normalized spacial score (nSPS) is 23.4. The Balaban J connectivity index is 1.58. The molecule has 2 aromatic heterocycles. The van der Waals surface area contributed by atoms with Crippen LogP contribution in [-0.2, 0) is 10.0 Å². The van der Waals surface area contributed by atoms with Crippen molar-refractivity contribution >= 4 is 38.0 Å². The van der Waals surface area contributed by atoms with Crippen LogP contribution in [0.4, 0.5) is 14.5 Å². The van der Waals surface area contributed by atoms with Crippen LogP contribution < -0.4 is 14.9 Å². The molecule has 2 bridgehead atoms. The second kappa shape index (κ2) is 8.08. The molecular formula is C22H25F2N7O2S2. The van der Waals surface area contributed by atoms with E-state index in [2.05, 4.69) is 30.1 Å². The van der Waals surface area contributed by atoms with Gasteiger partial charge in [0.2, 0.25) is 10.0 Å². The van der Waals surface area contributed by atoms with Gasteiger partial charge >= 0.3 is 0 Å². The first kappa shape index (κ1) is 23.1. The highest BCUT2D eigenvalue weighted by atomic mass is 32.2. The number of nitrogens with one attached hydrogen (secondary N) is 2. The standard InChI is InChI=1S/C22H25F2N7O2S2/c1-11-26-17-15(18(27-11)20-28-29-21(34-20)19(23)24)7-14(35(32,33)30-22(2)5-6-22)8-16(17)31-10-12-3-4-13(31)9-25-12/h7-8,12-13,19,25,30H,3-6,9-10H2,1-2H3/t12-,13?/m0/s1. The summed E-state index contributed by atoms with van der Waals surface area (Å²) in [5, 5.41) is 11.3. The van der Waals surface area contributed by atoms with Crippen LogP contribution in [0.2, 0.25) is 0 Å². The molecule has 5 heterocycles. The van der Waals surface area contributed by atoms with Crippen molar-refractivity contribution in [3.8, 4) is 10.7 Å². The summed E-state index contributed by atoms with van der Waals surface area (Å²) < 4.78 is 56.2. The van der Waals surface area contributed by atoms with Crippen molar-refractivity contribution in [2.45, 2.75) is 68.5 Å².